The number of amides is 3. The molecule has 9 heteroatoms. The molecule has 156 valence electrons. The van der Waals surface area contributed by atoms with E-state index in [1.807, 2.05) is 29.9 Å². The summed E-state index contributed by atoms with van der Waals surface area (Å²) in [5.41, 5.74) is 4.98. The van der Waals surface area contributed by atoms with E-state index in [9.17, 15) is 14.4 Å². The average molecular weight is 408 g/mol. The van der Waals surface area contributed by atoms with Crippen LogP contribution in [0.4, 0.5) is 5.82 Å². The number of nitrogens with one attached hydrogen (secondary N) is 3. The molecule has 1 fully saturated rings. The van der Waals surface area contributed by atoms with Crippen molar-refractivity contribution in [3.05, 3.63) is 46.1 Å². The Bertz CT molecular complexity index is 1060. The Labute approximate surface area is 173 Å². The van der Waals surface area contributed by atoms with Gasteiger partial charge in [-0.25, -0.2) is 0 Å². The summed E-state index contributed by atoms with van der Waals surface area (Å²) in [6.45, 7) is 2.73. The van der Waals surface area contributed by atoms with Crippen LogP contribution >= 0.6 is 0 Å². The number of nitrogens with zero attached hydrogens (tertiary/aromatic N) is 3. The number of piperidine rings is 1. The largest absolute Gasteiger partial charge is 0.364 e. The third-order valence-electron chi connectivity index (χ3n) is 6.17. The molecule has 0 radical (unpaired) electrons. The van der Waals surface area contributed by atoms with E-state index < -0.39 is 6.04 Å². The first kappa shape index (κ1) is 18.8. The molecule has 3 amide bonds. The lowest BCUT2D eigenvalue weighted by atomic mass is 10.0. The van der Waals surface area contributed by atoms with E-state index >= 15 is 0 Å². The van der Waals surface area contributed by atoms with Crippen molar-refractivity contribution < 1.29 is 14.4 Å². The first-order valence-corrected chi connectivity index (χ1v) is 10.3. The summed E-state index contributed by atoms with van der Waals surface area (Å²) in [5.74, 6) is 0.0820. The van der Waals surface area contributed by atoms with E-state index in [0.29, 0.717) is 25.1 Å². The number of anilines is 1. The maximum absolute atomic E-state index is 13.0. The molecule has 3 aliphatic rings. The molecular weight excluding hydrogens is 384 g/mol. The Morgan fingerprint density at radius 3 is 2.93 bits per heavy atom. The van der Waals surface area contributed by atoms with Gasteiger partial charge >= 0.3 is 0 Å². The third-order valence-corrected chi connectivity index (χ3v) is 6.17. The maximum atomic E-state index is 13.0. The van der Waals surface area contributed by atoms with Crippen LogP contribution in [0.1, 0.15) is 45.6 Å². The van der Waals surface area contributed by atoms with Crippen LogP contribution in [0.3, 0.4) is 0 Å². The zero-order chi connectivity index (χ0) is 20.8. The quantitative estimate of drug-likeness (QED) is 0.634. The van der Waals surface area contributed by atoms with E-state index in [-0.39, 0.29) is 24.1 Å². The number of rotatable bonds is 4. The van der Waals surface area contributed by atoms with Crippen LogP contribution in [0.15, 0.2) is 18.2 Å². The first-order chi connectivity index (χ1) is 14.5. The van der Waals surface area contributed by atoms with Gasteiger partial charge in [0.05, 0.1) is 5.69 Å². The lowest BCUT2D eigenvalue weighted by Crippen LogP contribution is -2.52. The normalized spacial score (nSPS) is 20.8. The first-order valence-electron chi connectivity index (χ1n) is 10.3. The molecular formula is C21H24N6O3. The van der Waals surface area contributed by atoms with Crippen molar-refractivity contribution in [2.45, 2.75) is 44.9 Å². The molecule has 3 N–H and O–H groups in total. The highest BCUT2D eigenvalue weighted by molar-refractivity contribution is 6.05. The van der Waals surface area contributed by atoms with Gasteiger partial charge in [-0.2, -0.15) is 5.10 Å². The lowest BCUT2D eigenvalue weighted by Gasteiger charge is -2.29. The van der Waals surface area contributed by atoms with Crippen molar-refractivity contribution >= 4 is 23.5 Å². The predicted octanol–water partition coefficient (Wildman–Crippen LogP) is 0.439. The lowest BCUT2D eigenvalue weighted by molar-refractivity contribution is -0.136. The zero-order valence-electron chi connectivity index (χ0n) is 16.8. The standard InChI is InChI=1S/C21H24N6O3/c1-26-17-10-22-7-6-14(17)19(25-26)23-9-12-2-3-13-11-27(21(30)15(13)8-12)16-4-5-18(28)24-20(16)29/h2-3,8,16,22H,4-7,9-11H2,1H3,(H,23,25)(H,24,28,29). The molecule has 0 aliphatic carbocycles. The molecule has 4 heterocycles. The molecule has 2 aromatic rings. The van der Waals surface area contributed by atoms with Crippen LogP contribution in [0.5, 0.6) is 0 Å². The number of imide groups is 1. The van der Waals surface area contributed by atoms with E-state index in [1.54, 1.807) is 4.90 Å². The van der Waals surface area contributed by atoms with Gasteiger partial charge in [0.2, 0.25) is 11.8 Å². The smallest absolute Gasteiger partial charge is 0.255 e. The monoisotopic (exact) mass is 408 g/mol. The van der Waals surface area contributed by atoms with Crippen molar-refractivity contribution in [2.24, 2.45) is 7.05 Å². The van der Waals surface area contributed by atoms with Crippen molar-refractivity contribution in [1.82, 2.24) is 25.3 Å². The van der Waals surface area contributed by atoms with Crippen LogP contribution in [0.25, 0.3) is 0 Å². The fraction of sp³-hybridized carbons (Fsp3) is 0.429. The van der Waals surface area contributed by atoms with Crippen LogP contribution in [0.2, 0.25) is 0 Å². The summed E-state index contributed by atoms with van der Waals surface area (Å²) in [6.07, 6.45) is 1.57. The van der Waals surface area contributed by atoms with Gasteiger partial charge in [-0.05, 0) is 36.6 Å². The van der Waals surface area contributed by atoms with Crippen LogP contribution in [-0.4, -0.2) is 45.0 Å². The van der Waals surface area contributed by atoms with Gasteiger partial charge in [-0.15, -0.1) is 0 Å². The Morgan fingerprint density at radius 1 is 1.23 bits per heavy atom. The van der Waals surface area contributed by atoms with Gasteiger partial charge in [0.15, 0.2) is 5.82 Å². The highest BCUT2D eigenvalue weighted by Gasteiger charge is 2.39. The molecule has 5 rings (SSSR count). The molecule has 1 aromatic heterocycles. The van der Waals surface area contributed by atoms with Gasteiger partial charge in [0.25, 0.3) is 5.91 Å². The molecule has 0 spiro atoms. The van der Waals surface area contributed by atoms with Crippen LogP contribution in [0, 0.1) is 0 Å². The number of hydrogen-bond donors (Lipinski definition) is 3. The second kappa shape index (κ2) is 7.24. The van der Waals surface area contributed by atoms with E-state index in [2.05, 4.69) is 21.0 Å². The van der Waals surface area contributed by atoms with E-state index in [1.165, 1.54) is 11.3 Å². The molecule has 30 heavy (non-hydrogen) atoms. The molecule has 1 unspecified atom stereocenters. The summed E-state index contributed by atoms with van der Waals surface area (Å²) < 4.78 is 1.91. The SMILES string of the molecule is Cn1nc(NCc2ccc3c(c2)C(=O)N(C2CCC(=O)NC2=O)C3)c2c1CNCC2. The van der Waals surface area contributed by atoms with Crippen LogP contribution in [-0.2, 0) is 42.7 Å². The van der Waals surface area contributed by atoms with Crippen molar-refractivity contribution in [3.8, 4) is 0 Å². The topological polar surface area (TPSA) is 108 Å². The molecule has 1 saturated heterocycles. The highest BCUT2D eigenvalue weighted by Crippen LogP contribution is 2.29. The molecule has 9 nitrogen and oxygen atoms in total. The molecule has 1 atom stereocenters. The fourth-order valence-electron chi connectivity index (χ4n) is 4.55. The fourth-order valence-corrected chi connectivity index (χ4v) is 4.55. The average Bonchev–Trinajstić information content (AvgIpc) is 3.24. The van der Waals surface area contributed by atoms with Crippen molar-refractivity contribution in [3.63, 3.8) is 0 Å². The number of aryl methyl sites for hydroxylation is 1. The minimum atomic E-state index is -0.585. The third kappa shape index (κ3) is 3.15. The predicted molar refractivity (Wildman–Crippen MR) is 108 cm³/mol. The number of benzene rings is 1. The van der Waals surface area contributed by atoms with Crippen molar-refractivity contribution in [2.75, 3.05) is 11.9 Å². The van der Waals surface area contributed by atoms with Gasteiger partial charge in [0.1, 0.15) is 6.04 Å². The Kier molecular flexibility index (Phi) is 4.54. The number of carbonyl (C=O) groups is 3. The van der Waals surface area contributed by atoms with Gasteiger partial charge in [-0.3, -0.25) is 24.4 Å². The van der Waals surface area contributed by atoms with E-state index in [0.717, 1.165) is 36.5 Å². The van der Waals surface area contributed by atoms with Crippen LogP contribution < -0.4 is 16.0 Å². The number of hydrogen-bond acceptors (Lipinski definition) is 6. The molecule has 0 saturated carbocycles. The molecule has 1 aromatic carbocycles. The number of fused-ring (bicyclic) bond motifs is 2. The Morgan fingerprint density at radius 2 is 2.10 bits per heavy atom. The minimum Gasteiger partial charge on any atom is -0.364 e. The second-order valence-corrected chi connectivity index (χ2v) is 8.07. The summed E-state index contributed by atoms with van der Waals surface area (Å²) in [4.78, 5) is 38.1. The Balaban J connectivity index is 1.31. The second-order valence-electron chi connectivity index (χ2n) is 8.07. The van der Waals surface area contributed by atoms with Gasteiger partial charge < -0.3 is 15.5 Å². The highest BCUT2D eigenvalue weighted by atomic mass is 16.2. The summed E-state index contributed by atoms with van der Waals surface area (Å²) in [5, 5.41) is 13.7. The Hall–Kier alpha value is -3.20. The van der Waals surface area contributed by atoms with Gasteiger partial charge in [0, 0.05) is 44.2 Å². The summed E-state index contributed by atoms with van der Waals surface area (Å²) >= 11 is 0. The number of aromatic nitrogens is 2. The number of carbonyl (C=O) groups excluding carboxylic acids is 3. The maximum Gasteiger partial charge on any atom is 0.255 e. The molecule has 3 aliphatic heterocycles. The minimum absolute atomic E-state index is 0.150. The van der Waals surface area contributed by atoms with Gasteiger partial charge in [-0.1, -0.05) is 12.1 Å². The summed E-state index contributed by atoms with van der Waals surface area (Å²) in [6, 6.07) is 5.27. The summed E-state index contributed by atoms with van der Waals surface area (Å²) in [7, 11) is 1.95. The van der Waals surface area contributed by atoms with E-state index in [4.69, 9.17) is 0 Å². The zero-order valence-corrected chi connectivity index (χ0v) is 16.8. The molecule has 0 bridgehead atoms. The van der Waals surface area contributed by atoms with Crippen molar-refractivity contribution in [1.29, 1.82) is 0 Å².